The molecule has 0 atom stereocenters. The van der Waals surface area contributed by atoms with E-state index in [0.29, 0.717) is 12.5 Å². The maximum absolute atomic E-state index is 11.0. The second-order valence-electron chi connectivity index (χ2n) is 5.25. The first-order valence-corrected chi connectivity index (χ1v) is 5.75. The van der Waals surface area contributed by atoms with Crippen molar-refractivity contribution in [3.05, 3.63) is 0 Å². The van der Waals surface area contributed by atoms with Gasteiger partial charge >= 0.3 is 6.09 Å². The molecule has 83 valence electrons. The minimum absolute atomic E-state index is 0.307. The van der Waals surface area contributed by atoms with E-state index in [0.717, 1.165) is 38.5 Å². The lowest BCUT2D eigenvalue weighted by Crippen LogP contribution is -2.40. The Morgan fingerprint density at radius 1 is 1.27 bits per heavy atom. The fourth-order valence-electron chi connectivity index (χ4n) is 2.94. The van der Waals surface area contributed by atoms with Crippen molar-refractivity contribution in [1.29, 1.82) is 0 Å². The first-order valence-electron chi connectivity index (χ1n) is 5.75. The summed E-state index contributed by atoms with van der Waals surface area (Å²) < 4.78 is 5.28. The predicted octanol–water partition coefficient (Wildman–Crippen LogP) is 1.19. The molecule has 1 heterocycles. The van der Waals surface area contributed by atoms with Gasteiger partial charge in [0.05, 0.1) is 12.1 Å². The van der Waals surface area contributed by atoms with Gasteiger partial charge in [-0.2, -0.15) is 0 Å². The van der Waals surface area contributed by atoms with Crippen molar-refractivity contribution >= 4 is 6.09 Å². The molecular formula is C11H16NO3. The van der Waals surface area contributed by atoms with Crippen LogP contribution in [0.2, 0.25) is 0 Å². The monoisotopic (exact) mass is 210 g/mol. The Kier molecular flexibility index (Phi) is 1.81. The van der Waals surface area contributed by atoms with Crippen LogP contribution in [0.4, 0.5) is 4.79 Å². The third-order valence-electron chi connectivity index (χ3n) is 4.22. The largest absolute Gasteiger partial charge is 0.440 e. The number of hydrogen-bond acceptors (Lipinski definition) is 3. The second kappa shape index (κ2) is 2.88. The third kappa shape index (κ3) is 1.51. The zero-order valence-corrected chi connectivity index (χ0v) is 8.74. The van der Waals surface area contributed by atoms with Crippen molar-refractivity contribution in [3.63, 3.8) is 0 Å². The molecule has 0 aromatic rings. The number of aliphatic hydroxyl groups is 1. The van der Waals surface area contributed by atoms with Crippen molar-refractivity contribution in [1.82, 2.24) is 5.32 Å². The van der Waals surface area contributed by atoms with Gasteiger partial charge in [-0.05, 0) is 44.4 Å². The molecule has 1 saturated heterocycles. The number of rotatable bonds is 1. The lowest BCUT2D eigenvalue weighted by molar-refractivity contribution is -0.0201. The molecule has 15 heavy (non-hydrogen) atoms. The Morgan fingerprint density at radius 3 is 2.40 bits per heavy atom. The standard InChI is InChI=1S/C11H16NO3/c13-9-12-7-10(15-9)3-1-8(2-4-10)11(14)5-6-11/h8,14H,1-7H2. The van der Waals surface area contributed by atoms with Crippen molar-refractivity contribution in [3.8, 4) is 0 Å². The van der Waals surface area contributed by atoms with Crippen LogP contribution >= 0.6 is 0 Å². The Balaban J connectivity index is 1.63. The molecule has 3 rings (SSSR count). The van der Waals surface area contributed by atoms with Crippen LogP contribution in [0.3, 0.4) is 0 Å². The van der Waals surface area contributed by atoms with Gasteiger partial charge in [-0.25, -0.2) is 10.1 Å². The SMILES string of the molecule is O=C1[N]CC2(CCC(C3(O)CC3)CC2)O1. The maximum atomic E-state index is 11.0. The zero-order chi connectivity index (χ0) is 10.5. The van der Waals surface area contributed by atoms with Crippen molar-refractivity contribution in [2.24, 2.45) is 5.92 Å². The van der Waals surface area contributed by atoms with Gasteiger partial charge in [0.25, 0.3) is 0 Å². The summed E-state index contributed by atoms with van der Waals surface area (Å²) in [5, 5.41) is 13.8. The summed E-state index contributed by atoms with van der Waals surface area (Å²) in [4.78, 5) is 11.0. The van der Waals surface area contributed by atoms with Crippen molar-refractivity contribution < 1.29 is 14.6 Å². The van der Waals surface area contributed by atoms with Crippen LogP contribution in [-0.2, 0) is 4.74 Å². The quantitative estimate of drug-likeness (QED) is 0.707. The number of carbonyl (C=O) groups excluding carboxylic acids is 1. The molecule has 0 unspecified atom stereocenters. The number of ether oxygens (including phenoxy) is 1. The summed E-state index contributed by atoms with van der Waals surface area (Å²) in [6.07, 6.45) is 5.19. The predicted molar refractivity (Wildman–Crippen MR) is 52.4 cm³/mol. The van der Waals surface area contributed by atoms with Gasteiger partial charge in [0.2, 0.25) is 0 Å². The van der Waals surface area contributed by atoms with E-state index in [2.05, 4.69) is 5.32 Å². The molecule has 1 amide bonds. The molecule has 1 aliphatic heterocycles. The summed E-state index contributed by atoms with van der Waals surface area (Å²) in [6.45, 7) is 0.525. The van der Waals surface area contributed by atoms with E-state index < -0.39 is 6.09 Å². The number of nitrogens with zero attached hydrogens (tertiary/aromatic N) is 1. The highest BCUT2D eigenvalue weighted by molar-refractivity contribution is 5.69. The zero-order valence-electron chi connectivity index (χ0n) is 8.74. The Bertz CT molecular complexity index is 290. The molecule has 0 aromatic heterocycles. The summed E-state index contributed by atoms with van der Waals surface area (Å²) in [6, 6.07) is 0. The normalized spacial score (nSPS) is 42.5. The highest BCUT2D eigenvalue weighted by Gasteiger charge is 2.52. The summed E-state index contributed by atoms with van der Waals surface area (Å²) in [5.41, 5.74) is -0.680. The van der Waals surface area contributed by atoms with E-state index in [-0.39, 0.29) is 11.2 Å². The average molecular weight is 210 g/mol. The lowest BCUT2D eigenvalue weighted by atomic mass is 9.76. The van der Waals surface area contributed by atoms with Gasteiger partial charge in [-0.15, -0.1) is 0 Å². The number of hydrogen-bond donors (Lipinski definition) is 1. The Hall–Kier alpha value is -0.770. The smallest absolute Gasteiger partial charge is 0.429 e. The first-order chi connectivity index (χ1) is 7.12. The van der Waals surface area contributed by atoms with Crippen molar-refractivity contribution in [2.75, 3.05) is 6.54 Å². The molecule has 1 radical (unpaired) electrons. The molecule has 3 fully saturated rings. The average Bonchev–Trinajstić information content (AvgIpc) is 2.86. The third-order valence-corrected chi connectivity index (χ3v) is 4.22. The molecule has 1 N–H and O–H groups in total. The molecule has 4 nitrogen and oxygen atoms in total. The van der Waals surface area contributed by atoms with E-state index in [9.17, 15) is 9.90 Å². The topological polar surface area (TPSA) is 60.6 Å². The second-order valence-corrected chi connectivity index (χ2v) is 5.25. The fourth-order valence-corrected chi connectivity index (χ4v) is 2.94. The molecule has 2 aliphatic carbocycles. The molecular weight excluding hydrogens is 194 g/mol. The number of amides is 1. The summed E-state index contributed by atoms with van der Waals surface area (Å²) in [7, 11) is 0. The van der Waals surface area contributed by atoms with Gasteiger partial charge in [-0.3, -0.25) is 0 Å². The Morgan fingerprint density at radius 2 is 1.93 bits per heavy atom. The lowest BCUT2D eigenvalue weighted by Gasteiger charge is -2.36. The molecule has 0 bridgehead atoms. The van der Waals surface area contributed by atoms with Crippen LogP contribution in [-0.4, -0.2) is 28.9 Å². The van der Waals surface area contributed by atoms with E-state index in [4.69, 9.17) is 4.74 Å². The molecule has 3 aliphatic rings. The van der Waals surface area contributed by atoms with Crippen LogP contribution < -0.4 is 5.32 Å². The highest BCUT2D eigenvalue weighted by atomic mass is 16.6. The highest BCUT2D eigenvalue weighted by Crippen LogP contribution is 2.50. The van der Waals surface area contributed by atoms with Gasteiger partial charge in [0, 0.05) is 0 Å². The van der Waals surface area contributed by atoms with E-state index >= 15 is 0 Å². The van der Waals surface area contributed by atoms with Gasteiger partial charge in [0.15, 0.2) is 0 Å². The van der Waals surface area contributed by atoms with Gasteiger partial charge < -0.3 is 9.84 Å². The minimum atomic E-state index is -0.404. The van der Waals surface area contributed by atoms with E-state index in [1.165, 1.54) is 0 Å². The maximum Gasteiger partial charge on any atom is 0.429 e. The fraction of sp³-hybridized carbons (Fsp3) is 0.909. The molecule has 1 spiro atoms. The van der Waals surface area contributed by atoms with E-state index in [1.807, 2.05) is 0 Å². The number of carbonyl (C=O) groups is 1. The molecule has 4 heteroatoms. The minimum Gasteiger partial charge on any atom is -0.440 e. The molecule has 0 aromatic carbocycles. The van der Waals surface area contributed by atoms with Crippen LogP contribution in [0.1, 0.15) is 38.5 Å². The van der Waals surface area contributed by atoms with Crippen LogP contribution in [0.25, 0.3) is 0 Å². The van der Waals surface area contributed by atoms with Crippen LogP contribution in [0.5, 0.6) is 0 Å². The summed E-state index contributed by atoms with van der Waals surface area (Å²) >= 11 is 0. The van der Waals surface area contributed by atoms with Gasteiger partial charge in [0.1, 0.15) is 5.60 Å². The van der Waals surface area contributed by atoms with Gasteiger partial charge in [-0.1, -0.05) is 0 Å². The Labute approximate surface area is 89.0 Å². The first kappa shape index (κ1) is 9.46. The van der Waals surface area contributed by atoms with Crippen LogP contribution in [0, 0.1) is 5.92 Å². The van der Waals surface area contributed by atoms with E-state index in [1.54, 1.807) is 0 Å². The van der Waals surface area contributed by atoms with Crippen LogP contribution in [0.15, 0.2) is 0 Å². The van der Waals surface area contributed by atoms with Crippen molar-refractivity contribution in [2.45, 2.75) is 49.7 Å². The summed E-state index contributed by atoms with van der Waals surface area (Å²) in [5.74, 6) is 0.419. The molecule has 2 saturated carbocycles.